The third kappa shape index (κ3) is 4.87. The summed E-state index contributed by atoms with van der Waals surface area (Å²) in [5.74, 6) is 1.15. The molecule has 1 atom stereocenters. The zero-order valence-electron chi connectivity index (χ0n) is 13.4. The van der Waals surface area contributed by atoms with Crippen molar-refractivity contribution in [1.82, 2.24) is 15.5 Å². The molecule has 0 amide bonds. The third-order valence-electron chi connectivity index (χ3n) is 3.36. The summed E-state index contributed by atoms with van der Waals surface area (Å²) in [7, 11) is 1.86. The van der Waals surface area contributed by atoms with Gasteiger partial charge in [-0.25, -0.2) is 0 Å². The van der Waals surface area contributed by atoms with Crippen molar-refractivity contribution in [3.63, 3.8) is 0 Å². The van der Waals surface area contributed by atoms with Crippen molar-refractivity contribution in [2.45, 2.75) is 39.8 Å². The quantitative estimate of drug-likeness (QED) is 0.866. The van der Waals surface area contributed by atoms with Crippen LogP contribution in [-0.2, 0) is 6.42 Å². The van der Waals surface area contributed by atoms with Crippen LogP contribution in [0.25, 0.3) is 11.5 Å². The number of rotatable bonds is 6. The van der Waals surface area contributed by atoms with Crippen LogP contribution >= 0.6 is 12.4 Å². The minimum absolute atomic E-state index is 0. The van der Waals surface area contributed by atoms with Crippen LogP contribution in [0.1, 0.15) is 23.9 Å². The molecule has 2 rings (SSSR count). The molecule has 2 aromatic rings. The predicted octanol–water partition coefficient (Wildman–Crippen LogP) is 3.53. The average Bonchev–Trinajstić information content (AvgIpc) is 2.90. The first-order valence-corrected chi connectivity index (χ1v) is 6.97. The first-order valence-electron chi connectivity index (χ1n) is 6.97. The van der Waals surface area contributed by atoms with E-state index in [2.05, 4.69) is 20.2 Å². The van der Waals surface area contributed by atoms with Gasteiger partial charge in [-0.15, -0.1) is 12.4 Å². The summed E-state index contributed by atoms with van der Waals surface area (Å²) < 4.78 is 34.6. The lowest BCUT2D eigenvalue weighted by Crippen LogP contribution is -2.24. The summed E-state index contributed by atoms with van der Waals surface area (Å²) in [5, 5.41) is 7.03. The molecule has 0 aliphatic heterocycles. The molecule has 128 valence electrons. The van der Waals surface area contributed by atoms with Crippen molar-refractivity contribution in [1.29, 1.82) is 0 Å². The zero-order valence-corrected chi connectivity index (χ0v) is 14.2. The van der Waals surface area contributed by atoms with E-state index in [-0.39, 0.29) is 24.2 Å². The summed E-state index contributed by atoms with van der Waals surface area (Å²) in [6, 6.07) is 3.63. The van der Waals surface area contributed by atoms with Crippen LogP contribution in [0.15, 0.2) is 16.7 Å². The zero-order chi connectivity index (χ0) is 16.3. The molecule has 1 aromatic heterocycles. The maximum atomic E-state index is 12.4. The van der Waals surface area contributed by atoms with Gasteiger partial charge in [0.2, 0.25) is 0 Å². The highest BCUT2D eigenvalue weighted by atomic mass is 35.5. The van der Waals surface area contributed by atoms with Crippen LogP contribution in [0.2, 0.25) is 0 Å². The molecular formula is C15H20ClF2N3O2. The standard InChI is InChI=1S/C15H19F2N3O2.ClH/c1-8-5-11(6-9(2)13(8)21-15(16)17)14-19-12(20-22-14)7-10(3)18-4;/h5-6,10,15,18H,7H2,1-4H3;1H. The normalized spacial score (nSPS) is 12.1. The maximum absolute atomic E-state index is 12.4. The number of ether oxygens (including phenoxy) is 1. The molecule has 1 N–H and O–H groups in total. The van der Waals surface area contributed by atoms with Gasteiger partial charge in [0.1, 0.15) is 5.75 Å². The fourth-order valence-electron chi connectivity index (χ4n) is 2.18. The molecule has 1 unspecified atom stereocenters. The van der Waals surface area contributed by atoms with Crippen LogP contribution in [0.5, 0.6) is 5.75 Å². The Morgan fingerprint density at radius 3 is 2.39 bits per heavy atom. The molecule has 0 saturated heterocycles. The molecule has 0 bridgehead atoms. The second-order valence-corrected chi connectivity index (χ2v) is 5.23. The number of hydrogen-bond donors (Lipinski definition) is 1. The Hall–Kier alpha value is -1.73. The molecule has 8 heteroatoms. The van der Waals surface area contributed by atoms with E-state index >= 15 is 0 Å². The van der Waals surface area contributed by atoms with Gasteiger partial charge in [0.25, 0.3) is 5.89 Å². The monoisotopic (exact) mass is 347 g/mol. The Morgan fingerprint density at radius 1 is 1.26 bits per heavy atom. The molecule has 5 nitrogen and oxygen atoms in total. The summed E-state index contributed by atoms with van der Waals surface area (Å²) in [6.07, 6.45) is 0.643. The number of likely N-dealkylation sites (N-methyl/N-ethyl adjacent to an activating group) is 1. The highest BCUT2D eigenvalue weighted by Gasteiger charge is 2.16. The minimum Gasteiger partial charge on any atom is -0.434 e. The number of alkyl halides is 2. The van der Waals surface area contributed by atoms with Crippen LogP contribution in [0, 0.1) is 13.8 Å². The van der Waals surface area contributed by atoms with Gasteiger partial charge in [0.05, 0.1) is 0 Å². The van der Waals surface area contributed by atoms with Gasteiger partial charge in [-0.3, -0.25) is 0 Å². The van der Waals surface area contributed by atoms with Crippen molar-refractivity contribution in [2.75, 3.05) is 7.05 Å². The number of aromatic nitrogens is 2. The number of aryl methyl sites for hydroxylation is 2. The molecule has 0 saturated carbocycles. The van der Waals surface area contributed by atoms with Gasteiger partial charge >= 0.3 is 6.61 Å². The van der Waals surface area contributed by atoms with Crippen molar-refractivity contribution in [3.05, 3.63) is 29.1 Å². The van der Waals surface area contributed by atoms with Gasteiger partial charge in [0, 0.05) is 18.0 Å². The smallest absolute Gasteiger partial charge is 0.387 e. The van der Waals surface area contributed by atoms with Gasteiger partial charge < -0.3 is 14.6 Å². The lowest BCUT2D eigenvalue weighted by Gasteiger charge is -2.11. The Balaban J connectivity index is 0.00000264. The van der Waals surface area contributed by atoms with Crippen molar-refractivity contribution < 1.29 is 18.0 Å². The molecule has 0 aliphatic carbocycles. The SMILES string of the molecule is CNC(C)Cc1noc(-c2cc(C)c(OC(F)F)c(C)c2)n1.Cl. The van der Waals surface area contributed by atoms with Crippen molar-refractivity contribution >= 4 is 12.4 Å². The van der Waals surface area contributed by atoms with Gasteiger partial charge in [-0.1, -0.05) is 5.16 Å². The molecule has 1 heterocycles. The molecule has 23 heavy (non-hydrogen) atoms. The number of hydrogen-bond acceptors (Lipinski definition) is 5. The second kappa shape index (κ2) is 8.21. The first-order chi connectivity index (χ1) is 10.4. The van der Waals surface area contributed by atoms with Gasteiger partial charge in [0.15, 0.2) is 5.82 Å². The van der Waals surface area contributed by atoms with E-state index < -0.39 is 6.61 Å². The van der Waals surface area contributed by atoms with Crippen LogP contribution in [0.3, 0.4) is 0 Å². The average molecular weight is 348 g/mol. The molecule has 0 fully saturated rings. The highest BCUT2D eigenvalue weighted by Crippen LogP contribution is 2.30. The molecule has 0 radical (unpaired) electrons. The van der Waals surface area contributed by atoms with Crippen LogP contribution in [0.4, 0.5) is 8.78 Å². The number of benzene rings is 1. The lowest BCUT2D eigenvalue weighted by atomic mass is 10.1. The van der Waals surface area contributed by atoms with Crippen LogP contribution in [-0.4, -0.2) is 29.8 Å². The second-order valence-electron chi connectivity index (χ2n) is 5.23. The van der Waals surface area contributed by atoms with E-state index in [0.29, 0.717) is 34.8 Å². The number of halogens is 3. The Morgan fingerprint density at radius 2 is 1.87 bits per heavy atom. The van der Waals surface area contributed by atoms with E-state index in [1.807, 2.05) is 14.0 Å². The summed E-state index contributed by atoms with van der Waals surface area (Å²) >= 11 is 0. The van der Waals surface area contributed by atoms with Gasteiger partial charge in [-0.05, 0) is 51.1 Å². The third-order valence-corrected chi connectivity index (χ3v) is 3.36. The lowest BCUT2D eigenvalue weighted by molar-refractivity contribution is -0.0507. The molecule has 0 spiro atoms. The van der Waals surface area contributed by atoms with Gasteiger partial charge in [-0.2, -0.15) is 13.8 Å². The fraction of sp³-hybridized carbons (Fsp3) is 0.467. The molecular weight excluding hydrogens is 328 g/mol. The number of nitrogens with zero attached hydrogens (tertiary/aromatic N) is 2. The highest BCUT2D eigenvalue weighted by molar-refractivity contribution is 5.85. The Bertz CT molecular complexity index is 626. The Labute approximate surface area is 139 Å². The molecule has 0 aliphatic rings. The largest absolute Gasteiger partial charge is 0.434 e. The maximum Gasteiger partial charge on any atom is 0.387 e. The van der Waals surface area contributed by atoms with E-state index in [0.717, 1.165) is 0 Å². The van der Waals surface area contributed by atoms with Crippen molar-refractivity contribution in [3.8, 4) is 17.2 Å². The van der Waals surface area contributed by atoms with E-state index in [1.54, 1.807) is 26.0 Å². The summed E-state index contributed by atoms with van der Waals surface area (Å²) in [6.45, 7) is 2.57. The predicted molar refractivity (Wildman–Crippen MR) is 85.3 cm³/mol. The summed E-state index contributed by atoms with van der Waals surface area (Å²) in [5.41, 5.74) is 1.88. The summed E-state index contributed by atoms with van der Waals surface area (Å²) in [4.78, 5) is 4.33. The minimum atomic E-state index is -2.85. The fourth-order valence-corrected chi connectivity index (χ4v) is 2.18. The Kier molecular flexibility index (Phi) is 6.90. The van der Waals surface area contributed by atoms with E-state index in [9.17, 15) is 8.78 Å². The van der Waals surface area contributed by atoms with E-state index in [4.69, 9.17) is 4.52 Å². The topological polar surface area (TPSA) is 60.2 Å². The first kappa shape index (κ1) is 19.3. The van der Waals surface area contributed by atoms with Crippen molar-refractivity contribution in [2.24, 2.45) is 0 Å². The van der Waals surface area contributed by atoms with E-state index in [1.165, 1.54) is 0 Å². The van der Waals surface area contributed by atoms with Crippen LogP contribution < -0.4 is 10.1 Å². The number of nitrogens with one attached hydrogen (secondary N) is 1. The molecule has 1 aromatic carbocycles.